The largest absolute Gasteiger partial charge is 0.504 e. The van der Waals surface area contributed by atoms with Gasteiger partial charge in [-0.15, -0.1) is 0 Å². The van der Waals surface area contributed by atoms with Crippen molar-refractivity contribution in [1.82, 2.24) is 5.32 Å². The van der Waals surface area contributed by atoms with Gasteiger partial charge in [0.1, 0.15) is 0 Å². The van der Waals surface area contributed by atoms with Gasteiger partial charge in [-0.3, -0.25) is 0 Å². The van der Waals surface area contributed by atoms with Gasteiger partial charge in [0, 0.05) is 31.9 Å². The summed E-state index contributed by atoms with van der Waals surface area (Å²) in [5, 5.41) is 31.7. The first kappa shape index (κ1) is 14.0. The average Bonchev–Trinajstić information content (AvgIpc) is 2.40. The van der Waals surface area contributed by atoms with Crippen LogP contribution >= 0.6 is 0 Å². The van der Waals surface area contributed by atoms with E-state index < -0.39 is 5.75 Å². The van der Waals surface area contributed by atoms with Gasteiger partial charge in [-0.05, 0) is 24.3 Å². The molecule has 0 bridgehead atoms. The second kappa shape index (κ2) is 5.67. The lowest BCUT2D eigenvalue weighted by atomic mass is 9.82. The Morgan fingerprint density at radius 3 is 2.53 bits per heavy atom. The number of hydrogen-bond acceptors (Lipinski definition) is 5. The zero-order valence-electron chi connectivity index (χ0n) is 11.1. The molecule has 1 aromatic rings. The summed E-state index contributed by atoms with van der Waals surface area (Å²) >= 11 is 0. The van der Waals surface area contributed by atoms with Gasteiger partial charge in [-0.25, -0.2) is 0 Å². The summed E-state index contributed by atoms with van der Waals surface area (Å²) in [6, 6.07) is 2.98. The number of phenolic OH excluding ortho intramolecular Hbond substituents is 3. The van der Waals surface area contributed by atoms with Crippen molar-refractivity contribution in [2.75, 3.05) is 19.8 Å². The molecule has 19 heavy (non-hydrogen) atoms. The van der Waals surface area contributed by atoms with Gasteiger partial charge < -0.3 is 25.4 Å². The van der Waals surface area contributed by atoms with E-state index in [4.69, 9.17) is 4.74 Å². The van der Waals surface area contributed by atoms with E-state index in [2.05, 4.69) is 12.2 Å². The van der Waals surface area contributed by atoms with Crippen LogP contribution in [0.15, 0.2) is 12.1 Å². The third kappa shape index (κ3) is 3.30. The summed E-state index contributed by atoms with van der Waals surface area (Å²) in [7, 11) is 0. The first-order chi connectivity index (χ1) is 9.02. The van der Waals surface area contributed by atoms with Crippen molar-refractivity contribution >= 4 is 0 Å². The molecule has 0 unspecified atom stereocenters. The summed E-state index contributed by atoms with van der Waals surface area (Å²) in [5.74, 6) is -1.03. The molecule has 1 fully saturated rings. The van der Waals surface area contributed by atoms with Crippen molar-refractivity contribution in [1.29, 1.82) is 0 Å². The summed E-state index contributed by atoms with van der Waals surface area (Å²) in [6.07, 6.45) is 2.04. The molecular formula is C14H21NO4. The molecule has 1 aliphatic rings. The van der Waals surface area contributed by atoms with Crippen molar-refractivity contribution in [3.05, 3.63) is 17.7 Å². The monoisotopic (exact) mass is 267 g/mol. The van der Waals surface area contributed by atoms with E-state index in [1.54, 1.807) is 6.07 Å². The Balaban J connectivity index is 1.90. The van der Waals surface area contributed by atoms with Crippen LogP contribution in [-0.4, -0.2) is 35.1 Å². The SMILES string of the molecule is CC1(CNCc2ccc(O)c(O)c2O)CCOCC1. The lowest BCUT2D eigenvalue weighted by Gasteiger charge is -2.33. The topological polar surface area (TPSA) is 82.0 Å². The molecule has 4 N–H and O–H groups in total. The number of hydrogen-bond donors (Lipinski definition) is 4. The molecule has 1 aromatic carbocycles. The van der Waals surface area contributed by atoms with Crippen LogP contribution in [0.25, 0.3) is 0 Å². The number of ether oxygens (including phenoxy) is 1. The van der Waals surface area contributed by atoms with Crippen molar-refractivity contribution in [3.63, 3.8) is 0 Å². The molecule has 1 saturated heterocycles. The molecule has 0 aromatic heterocycles. The highest BCUT2D eigenvalue weighted by Crippen LogP contribution is 2.37. The predicted octanol–water partition coefficient (Wildman–Crippen LogP) is 1.71. The smallest absolute Gasteiger partial charge is 0.200 e. The molecule has 2 rings (SSSR count). The van der Waals surface area contributed by atoms with Gasteiger partial charge in [0.25, 0.3) is 0 Å². The van der Waals surface area contributed by atoms with Gasteiger partial charge in [-0.1, -0.05) is 13.0 Å². The molecule has 106 valence electrons. The molecule has 0 saturated carbocycles. The van der Waals surface area contributed by atoms with E-state index in [1.165, 1.54) is 6.07 Å². The van der Waals surface area contributed by atoms with Crippen molar-refractivity contribution in [2.45, 2.75) is 26.3 Å². The molecular weight excluding hydrogens is 246 g/mol. The highest BCUT2D eigenvalue weighted by atomic mass is 16.5. The van der Waals surface area contributed by atoms with Crippen LogP contribution in [0.5, 0.6) is 17.2 Å². The van der Waals surface area contributed by atoms with Gasteiger partial charge in [0.05, 0.1) is 0 Å². The maximum absolute atomic E-state index is 9.71. The molecule has 0 spiro atoms. The highest BCUT2D eigenvalue weighted by Gasteiger charge is 2.26. The Morgan fingerprint density at radius 2 is 1.84 bits per heavy atom. The molecule has 1 heterocycles. The summed E-state index contributed by atoms with van der Waals surface area (Å²) < 4.78 is 5.35. The molecule has 0 radical (unpaired) electrons. The van der Waals surface area contributed by atoms with E-state index in [0.717, 1.165) is 32.6 Å². The van der Waals surface area contributed by atoms with Gasteiger partial charge >= 0.3 is 0 Å². The molecule has 1 aliphatic heterocycles. The predicted molar refractivity (Wildman–Crippen MR) is 71.3 cm³/mol. The van der Waals surface area contributed by atoms with Gasteiger partial charge in [-0.2, -0.15) is 0 Å². The number of phenols is 3. The van der Waals surface area contributed by atoms with Crippen LogP contribution in [0.3, 0.4) is 0 Å². The minimum Gasteiger partial charge on any atom is -0.504 e. The normalized spacial score (nSPS) is 18.4. The second-order valence-electron chi connectivity index (χ2n) is 5.47. The third-order valence-corrected chi connectivity index (χ3v) is 3.78. The third-order valence-electron chi connectivity index (χ3n) is 3.78. The van der Waals surface area contributed by atoms with Crippen LogP contribution in [-0.2, 0) is 11.3 Å². The maximum Gasteiger partial charge on any atom is 0.200 e. The minimum absolute atomic E-state index is 0.215. The molecule has 5 nitrogen and oxygen atoms in total. The van der Waals surface area contributed by atoms with E-state index in [0.29, 0.717) is 12.1 Å². The van der Waals surface area contributed by atoms with Crippen LogP contribution < -0.4 is 5.32 Å². The maximum atomic E-state index is 9.71. The van der Waals surface area contributed by atoms with Crippen molar-refractivity contribution in [2.24, 2.45) is 5.41 Å². The first-order valence-electron chi connectivity index (χ1n) is 6.53. The fourth-order valence-electron chi connectivity index (χ4n) is 2.29. The lowest BCUT2D eigenvalue weighted by Crippen LogP contribution is -2.36. The van der Waals surface area contributed by atoms with Gasteiger partial charge in [0.15, 0.2) is 11.5 Å². The summed E-state index contributed by atoms with van der Waals surface area (Å²) in [4.78, 5) is 0. The Kier molecular flexibility index (Phi) is 4.17. The number of rotatable bonds is 4. The Bertz CT molecular complexity index is 441. The quantitative estimate of drug-likeness (QED) is 0.624. The summed E-state index contributed by atoms with van der Waals surface area (Å²) in [6.45, 7) is 5.09. The average molecular weight is 267 g/mol. The Hall–Kier alpha value is -1.46. The van der Waals surface area contributed by atoms with Crippen LogP contribution in [0.4, 0.5) is 0 Å². The fraction of sp³-hybridized carbons (Fsp3) is 0.571. The van der Waals surface area contributed by atoms with Crippen LogP contribution in [0, 0.1) is 5.41 Å². The van der Waals surface area contributed by atoms with Gasteiger partial charge in [0.2, 0.25) is 5.75 Å². The lowest BCUT2D eigenvalue weighted by molar-refractivity contribution is 0.0240. The zero-order chi connectivity index (χ0) is 13.9. The van der Waals surface area contributed by atoms with E-state index >= 15 is 0 Å². The van der Waals surface area contributed by atoms with E-state index in [9.17, 15) is 15.3 Å². The molecule has 0 aliphatic carbocycles. The fourth-order valence-corrected chi connectivity index (χ4v) is 2.29. The zero-order valence-corrected chi connectivity index (χ0v) is 11.1. The first-order valence-corrected chi connectivity index (χ1v) is 6.53. The van der Waals surface area contributed by atoms with Crippen LogP contribution in [0.1, 0.15) is 25.3 Å². The number of nitrogens with one attached hydrogen (secondary N) is 1. The Morgan fingerprint density at radius 1 is 1.16 bits per heavy atom. The molecule has 0 atom stereocenters. The van der Waals surface area contributed by atoms with Crippen molar-refractivity contribution < 1.29 is 20.1 Å². The summed E-state index contributed by atoms with van der Waals surface area (Å²) in [5.41, 5.74) is 0.790. The van der Waals surface area contributed by atoms with Crippen molar-refractivity contribution in [3.8, 4) is 17.2 Å². The molecule has 5 heteroatoms. The second-order valence-corrected chi connectivity index (χ2v) is 5.47. The van der Waals surface area contributed by atoms with E-state index in [-0.39, 0.29) is 16.9 Å². The minimum atomic E-state index is -0.462. The Labute approximate surface area is 112 Å². The number of aromatic hydroxyl groups is 3. The highest BCUT2D eigenvalue weighted by molar-refractivity contribution is 5.52. The molecule has 0 amide bonds. The van der Waals surface area contributed by atoms with E-state index in [1.807, 2.05) is 0 Å². The van der Waals surface area contributed by atoms with Crippen LogP contribution in [0.2, 0.25) is 0 Å². The standard InChI is InChI=1S/C14H21NO4/c1-14(4-6-19-7-5-14)9-15-8-10-2-3-11(16)13(18)12(10)17/h2-3,15-18H,4-9H2,1H3. The number of benzene rings is 1.